The Morgan fingerprint density at radius 3 is 2.30 bits per heavy atom. The van der Waals surface area contributed by atoms with Gasteiger partial charge in [-0.25, -0.2) is 8.42 Å². The molecule has 1 saturated heterocycles. The maximum Gasteiger partial charge on any atom is 0.260 e. The lowest BCUT2D eigenvalue weighted by atomic mass is 10.1. The maximum atomic E-state index is 13.0. The summed E-state index contributed by atoms with van der Waals surface area (Å²) in [5.41, 5.74) is 0. The Labute approximate surface area is 184 Å². The van der Waals surface area contributed by atoms with Crippen molar-refractivity contribution in [3.05, 3.63) is 71.2 Å². The van der Waals surface area contributed by atoms with Gasteiger partial charge in [0.1, 0.15) is 5.75 Å². The van der Waals surface area contributed by atoms with Gasteiger partial charge in [-0.3, -0.25) is 4.79 Å². The van der Waals surface area contributed by atoms with E-state index in [0.717, 1.165) is 15.2 Å². The Hall–Kier alpha value is -2.42. The molecule has 0 spiro atoms. The van der Waals surface area contributed by atoms with Crippen LogP contribution in [-0.4, -0.2) is 56.3 Å². The Balaban J connectivity index is 1.38. The minimum atomic E-state index is -3.61. The molecule has 3 aromatic rings. The van der Waals surface area contributed by atoms with Gasteiger partial charge in [-0.05, 0) is 51.0 Å². The summed E-state index contributed by atoms with van der Waals surface area (Å²) in [6, 6.07) is 20.2. The highest BCUT2D eigenvalue weighted by Crippen LogP contribution is 2.25. The van der Waals surface area contributed by atoms with E-state index in [1.165, 1.54) is 4.31 Å². The first-order valence-electron chi connectivity index (χ1n) is 9.59. The second kappa shape index (κ2) is 8.75. The fourth-order valence-corrected chi connectivity index (χ4v) is 5.30. The van der Waals surface area contributed by atoms with E-state index in [1.807, 2.05) is 48.5 Å². The summed E-state index contributed by atoms with van der Waals surface area (Å²) in [6.45, 7) is 1.11. The van der Waals surface area contributed by atoms with Gasteiger partial charge < -0.3 is 9.64 Å². The molecule has 0 radical (unpaired) electrons. The predicted octanol–water partition coefficient (Wildman–Crippen LogP) is 3.51. The molecule has 0 aliphatic carbocycles. The average Bonchev–Trinajstić information content (AvgIpc) is 2.78. The third kappa shape index (κ3) is 4.35. The van der Waals surface area contributed by atoms with Crippen LogP contribution in [0.1, 0.15) is 0 Å². The number of rotatable bonds is 5. The van der Waals surface area contributed by atoms with Gasteiger partial charge in [-0.2, -0.15) is 4.31 Å². The summed E-state index contributed by atoms with van der Waals surface area (Å²) in [4.78, 5) is 14.4. The lowest BCUT2D eigenvalue weighted by Crippen LogP contribution is -2.51. The molecular weight excluding hydrogens is 468 g/mol. The number of hydrogen-bond acceptors (Lipinski definition) is 4. The second-order valence-corrected chi connectivity index (χ2v) is 9.81. The second-order valence-electron chi connectivity index (χ2n) is 7.01. The van der Waals surface area contributed by atoms with Crippen molar-refractivity contribution in [3.8, 4) is 5.75 Å². The molecule has 0 bridgehead atoms. The highest BCUT2D eigenvalue weighted by atomic mass is 79.9. The van der Waals surface area contributed by atoms with E-state index in [-0.39, 0.29) is 30.5 Å². The van der Waals surface area contributed by atoms with Crippen LogP contribution in [-0.2, 0) is 14.8 Å². The van der Waals surface area contributed by atoms with Crippen LogP contribution in [0.25, 0.3) is 10.8 Å². The van der Waals surface area contributed by atoms with Crippen molar-refractivity contribution in [2.75, 3.05) is 32.8 Å². The number of nitrogens with zero attached hydrogens (tertiary/aromatic N) is 2. The summed E-state index contributed by atoms with van der Waals surface area (Å²) in [5.74, 6) is 0.442. The SMILES string of the molecule is O=C(COc1ccccc1Br)N1CCN(S(=O)(=O)c2ccc3ccccc3c2)CC1. The maximum absolute atomic E-state index is 13.0. The van der Waals surface area contributed by atoms with Crippen LogP contribution in [0.2, 0.25) is 0 Å². The number of carbonyl (C=O) groups is 1. The van der Waals surface area contributed by atoms with Crippen molar-refractivity contribution in [1.29, 1.82) is 0 Å². The van der Waals surface area contributed by atoms with Crippen molar-refractivity contribution in [3.63, 3.8) is 0 Å². The molecule has 0 unspecified atom stereocenters. The number of ether oxygens (including phenoxy) is 1. The van der Waals surface area contributed by atoms with Gasteiger partial charge in [0.15, 0.2) is 6.61 Å². The molecule has 8 heteroatoms. The molecule has 0 N–H and O–H groups in total. The van der Waals surface area contributed by atoms with Crippen LogP contribution >= 0.6 is 15.9 Å². The van der Waals surface area contributed by atoms with Gasteiger partial charge in [0.25, 0.3) is 5.91 Å². The first kappa shape index (κ1) is 20.8. The van der Waals surface area contributed by atoms with E-state index >= 15 is 0 Å². The number of sulfonamides is 1. The summed E-state index contributed by atoms with van der Waals surface area (Å²) < 4.78 is 33.9. The molecule has 0 atom stereocenters. The Morgan fingerprint density at radius 2 is 1.57 bits per heavy atom. The van der Waals surface area contributed by atoms with E-state index in [2.05, 4.69) is 15.9 Å². The highest BCUT2D eigenvalue weighted by Gasteiger charge is 2.30. The molecule has 156 valence electrons. The molecule has 4 rings (SSSR count). The smallest absolute Gasteiger partial charge is 0.260 e. The summed E-state index contributed by atoms with van der Waals surface area (Å²) in [5, 5.41) is 1.88. The van der Waals surface area contributed by atoms with Crippen LogP contribution in [0.4, 0.5) is 0 Å². The predicted molar refractivity (Wildman–Crippen MR) is 119 cm³/mol. The summed E-state index contributed by atoms with van der Waals surface area (Å²) >= 11 is 3.39. The van der Waals surface area contributed by atoms with Crippen LogP contribution < -0.4 is 4.74 Å². The van der Waals surface area contributed by atoms with Gasteiger partial charge in [0.2, 0.25) is 10.0 Å². The first-order chi connectivity index (χ1) is 14.4. The van der Waals surface area contributed by atoms with E-state index < -0.39 is 10.0 Å². The van der Waals surface area contributed by atoms with Crippen molar-refractivity contribution in [2.45, 2.75) is 4.90 Å². The Morgan fingerprint density at radius 1 is 0.900 bits per heavy atom. The molecule has 1 aliphatic heterocycles. The molecule has 1 fully saturated rings. The van der Waals surface area contributed by atoms with Gasteiger partial charge in [0.05, 0.1) is 9.37 Å². The molecule has 0 aromatic heterocycles. The number of piperazine rings is 1. The number of hydrogen-bond donors (Lipinski definition) is 0. The quantitative estimate of drug-likeness (QED) is 0.550. The molecule has 1 amide bonds. The van der Waals surface area contributed by atoms with Crippen LogP contribution in [0.15, 0.2) is 76.1 Å². The number of benzene rings is 3. The van der Waals surface area contributed by atoms with Gasteiger partial charge >= 0.3 is 0 Å². The zero-order valence-electron chi connectivity index (χ0n) is 16.2. The van der Waals surface area contributed by atoms with E-state index in [9.17, 15) is 13.2 Å². The van der Waals surface area contributed by atoms with Crippen LogP contribution in [0.5, 0.6) is 5.75 Å². The van der Waals surface area contributed by atoms with Gasteiger partial charge in [-0.1, -0.05) is 42.5 Å². The van der Waals surface area contributed by atoms with Crippen molar-refractivity contribution in [1.82, 2.24) is 9.21 Å². The molecule has 1 aliphatic rings. The van der Waals surface area contributed by atoms with Crippen molar-refractivity contribution < 1.29 is 17.9 Å². The molecule has 0 saturated carbocycles. The fourth-order valence-electron chi connectivity index (χ4n) is 3.45. The highest BCUT2D eigenvalue weighted by molar-refractivity contribution is 9.10. The Bertz CT molecular complexity index is 1170. The molecule has 6 nitrogen and oxygen atoms in total. The first-order valence-corrected chi connectivity index (χ1v) is 11.8. The standard InChI is InChI=1S/C22H21BrN2O4S/c23-20-7-3-4-8-21(20)29-16-22(26)24-11-13-25(14-12-24)30(27,28)19-10-9-17-5-1-2-6-18(17)15-19/h1-10,15H,11-14,16H2. The number of para-hydroxylation sites is 1. The van der Waals surface area contributed by atoms with Gasteiger partial charge in [0, 0.05) is 26.2 Å². The fraction of sp³-hybridized carbons (Fsp3) is 0.227. The average molecular weight is 489 g/mol. The third-order valence-corrected chi connectivity index (χ3v) is 7.69. The van der Waals surface area contributed by atoms with E-state index in [4.69, 9.17) is 4.74 Å². The van der Waals surface area contributed by atoms with Gasteiger partial charge in [-0.15, -0.1) is 0 Å². The van der Waals surface area contributed by atoms with Crippen LogP contribution in [0.3, 0.4) is 0 Å². The van der Waals surface area contributed by atoms with E-state index in [1.54, 1.807) is 23.1 Å². The summed E-state index contributed by atoms with van der Waals surface area (Å²) in [7, 11) is -3.61. The zero-order valence-corrected chi connectivity index (χ0v) is 18.6. The molecule has 3 aromatic carbocycles. The topological polar surface area (TPSA) is 66.9 Å². The lowest BCUT2D eigenvalue weighted by molar-refractivity contribution is -0.134. The third-order valence-electron chi connectivity index (χ3n) is 5.14. The molecule has 30 heavy (non-hydrogen) atoms. The molecular formula is C22H21BrN2O4S. The number of carbonyl (C=O) groups excluding carboxylic acids is 1. The zero-order chi connectivity index (χ0) is 21.1. The molecule has 1 heterocycles. The minimum Gasteiger partial charge on any atom is -0.483 e. The van der Waals surface area contributed by atoms with Crippen molar-refractivity contribution >= 4 is 42.6 Å². The number of amides is 1. The van der Waals surface area contributed by atoms with Crippen LogP contribution in [0, 0.1) is 0 Å². The Kier molecular flexibility index (Phi) is 6.08. The van der Waals surface area contributed by atoms with Crippen molar-refractivity contribution in [2.24, 2.45) is 0 Å². The lowest BCUT2D eigenvalue weighted by Gasteiger charge is -2.34. The summed E-state index contributed by atoms with van der Waals surface area (Å²) in [6.07, 6.45) is 0. The minimum absolute atomic E-state index is 0.0833. The largest absolute Gasteiger partial charge is 0.483 e. The van der Waals surface area contributed by atoms with E-state index in [0.29, 0.717) is 18.8 Å². The normalized spacial score (nSPS) is 15.3. The number of halogens is 1. The monoisotopic (exact) mass is 488 g/mol. The number of fused-ring (bicyclic) bond motifs is 1.